The zero-order valence-electron chi connectivity index (χ0n) is 15.7. The van der Waals surface area contributed by atoms with E-state index in [9.17, 15) is 14.7 Å². The lowest BCUT2D eigenvalue weighted by molar-refractivity contribution is 0.0383. The van der Waals surface area contributed by atoms with Crippen molar-refractivity contribution in [2.45, 2.75) is 6.92 Å². The molecule has 0 bridgehead atoms. The molecule has 3 N–H and O–H groups in total. The maximum absolute atomic E-state index is 12.7. The first kappa shape index (κ1) is 19.8. The Hall–Kier alpha value is -2.97. The zero-order chi connectivity index (χ0) is 20.1. The highest BCUT2D eigenvalue weighted by Gasteiger charge is 2.19. The average molecular weight is 385 g/mol. The summed E-state index contributed by atoms with van der Waals surface area (Å²) in [4.78, 5) is 27.3. The summed E-state index contributed by atoms with van der Waals surface area (Å²) in [7, 11) is 0. The predicted molar refractivity (Wildman–Crippen MR) is 100 cm³/mol. The molecule has 0 radical (unpaired) electrons. The molecule has 0 unspecified atom stereocenters. The number of benzene rings is 1. The Morgan fingerprint density at radius 1 is 1.21 bits per heavy atom. The quantitative estimate of drug-likeness (QED) is 0.641. The van der Waals surface area contributed by atoms with Crippen LogP contribution in [0.15, 0.2) is 34.9 Å². The second kappa shape index (κ2) is 8.81. The van der Waals surface area contributed by atoms with E-state index in [0.717, 1.165) is 24.9 Å². The minimum Gasteiger partial charge on any atom is -0.507 e. The van der Waals surface area contributed by atoms with Gasteiger partial charge in [-0.1, -0.05) is 11.6 Å². The highest BCUT2D eigenvalue weighted by atomic mass is 16.5. The number of phenolic OH excluding ortho intramolecular Hbond substituents is 1. The maximum atomic E-state index is 12.7. The van der Waals surface area contributed by atoms with Crippen molar-refractivity contribution in [3.05, 3.63) is 58.3 Å². The summed E-state index contributed by atoms with van der Waals surface area (Å²) in [5.74, 6) is -1.11. The third-order valence-electron chi connectivity index (χ3n) is 4.57. The maximum Gasteiger partial charge on any atom is 0.256 e. The molecule has 2 heterocycles. The number of nitrogens with zero attached hydrogens (tertiary/aromatic N) is 1. The van der Waals surface area contributed by atoms with Crippen LogP contribution in [0.1, 0.15) is 31.8 Å². The highest BCUT2D eigenvalue weighted by molar-refractivity contribution is 6.11. The normalized spacial score (nSPS) is 14.6. The fourth-order valence-corrected chi connectivity index (χ4v) is 2.96. The summed E-state index contributed by atoms with van der Waals surface area (Å²) in [6.45, 7) is 5.89. The minimum atomic E-state index is -0.481. The van der Waals surface area contributed by atoms with Crippen molar-refractivity contribution in [2.24, 2.45) is 0 Å². The van der Waals surface area contributed by atoms with Crippen LogP contribution in [0.5, 0.6) is 5.75 Å². The number of ether oxygens (including phenoxy) is 1. The van der Waals surface area contributed by atoms with E-state index in [1.54, 1.807) is 19.1 Å². The van der Waals surface area contributed by atoms with E-state index >= 15 is 0 Å². The Morgan fingerprint density at radius 2 is 1.96 bits per heavy atom. The zero-order valence-corrected chi connectivity index (χ0v) is 15.7. The van der Waals surface area contributed by atoms with Gasteiger partial charge in [0.25, 0.3) is 5.91 Å². The second-order valence-corrected chi connectivity index (χ2v) is 6.64. The lowest BCUT2D eigenvalue weighted by Crippen LogP contribution is -2.41. The summed E-state index contributed by atoms with van der Waals surface area (Å²) in [6, 6.07) is 6.02. The van der Waals surface area contributed by atoms with Gasteiger partial charge in [-0.3, -0.25) is 19.9 Å². The number of carbonyl (C=O) groups is 2. The molecule has 1 aromatic heterocycles. The van der Waals surface area contributed by atoms with Crippen molar-refractivity contribution in [2.75, 3.05) is 39.4 Å². The van der Waals surface area contributed by atoms with Crippen molar-refractivity contribution in [1.82, 2.24) is 10.2 Å². The molecule has 1 aromatic carbocycles. The van der Waals surface area contributed by atoms with Crippen LogP contribution in [0, 0.1) is 12.3 Å². The molecule has 28 heavy (non-hydrogen) atoms. The molecule has 1 fully saturated rings. The van der Waals surface area contributed by atoms with Crippen molar-refractivity contribution in [3.63, 3.8) is 0 Å². The van der Waals surface area contributed by atoms with Crippen LogP contribution in [0.3, 0.4) is 0 Å². The largest absolute Gasteiger partial charge is 0.507 e. The Kier molecular flexibility index (Phi) is 6.23. The summed E-state index contributed by atoms with van der Waals surface area (Å²) in [6.07, 6.45) is 1.12. The van der Waals surface area contributed by atoms with Crippen LogP contribution in [0.4, 0.5) is 0 Å². The van der Waals surface area contributed by atoms with Gasteiger partial charge in [0.15, 0.2) is 5.78 Å². The number of aromatic hydroxyl groups is 1. The molecule has 148 valence electrons. The standard InChI is InChI=1S/C20H23N3O5/c1-13-2-3-17(24)15(10-13)18(25)14-11-16(19(21)28-12-14)20(26)22-4-5-23-6-8-27-9-7-23/h2-3,10-12,21,24H,4-9H2,1H3,(H,22,26). The Labute approximate surface area is 162 Å². The molecule has 0 atom stereocenters. The Bertz CT molecular complexity index is 932. The van der Waals surface area contributed by atoms with E-state index in [0.29, 0.717) is 26.3 Å². The van der Waals surface area contributed by atoms with Crippen LogP contribution >= 0.6 is 0 Å². The van der Waals surface area contributed by atoms with Crippen LogP contribution in [-0.4, -0.2) is 61.1 Å². The summed E-state index contributed by atoms with van der Waals surface area (Å²) in [5.41, 5.74) is 0.673. The summed E-state index contributed by atoms with van der Waals surface area (Å²) in [5, 5.41) is 20.5. The van der Waals surface area contributed by atoms with Gasteiger partial charge in [0.1, 0.15) is 17.6 Å². The molecule has 1 aliphatic rings. The summed E-state index contributed by atoms with van der Waals surface area (Å²) >= 11 is 0. The van der Waals surface area contributed by atoms with E-state index in [2.05, 4.69) is 10.2 Å². The van der Waals surface area contributed by atoms with Crippen LogP contribution < -0.4 is 10.9 Å². The monoisotopic (exact) mass is 385 g/mol. The second-order valence-electron chi connectivity index (χ2n) is 6.64. The molecule has 1 aliphatic heterocycles. The van der Waals surface area contributed by atoms with Crippen LogP contribution in [0.2, 0.25) is 0 Å². The Morgan fingerprint density at radius 3 is 2.71 bits per heavy atom. The van der Waals surface area contributed by atoms with Gasteiger partial charge >= 0.3 is 0 Å². The first-order valence-corrected chi connectivity index (χ1v) is 9.06. The van der Waals surface area contributed by atoms with E-state index in [4.69, 9.17) is 14.6 Å². The molecule has 1 saturated heterocycles. The molecule has 1 amide bonds. The Balaban J connectivity index is 1.71. The number of hydrogen-bond donors (Lipinski definition) is 3. The lowest BCUT2D eigenvalue weighted by atomic mass is 10.0. The molecule has 2 aromatic rings. The van der Waals surface area contributed by atoms with Gasteiger partial charge in [-0.2, -0.15) is 0 Å². The molecule has 8 heteroatoms. The molecule has 0 spiro atoms. The van der Waals surface area contributed by atoms with Crippen molar-refractivity contribution in [3.8, 4) is 5.75 Å². The van der Waals surface area contributed by atoms with E-state index in [1.807, 2.05) is 0 Å². The first-order valence-electron chi connectivity index (χ1n) is 9.06. The smallest absolute Gasteiger partial charge is 0.256 e. The number of carbonyl (C=O) groups excluding carboxylic acids is 2. The number of rotatable bonds is 6. The van der Waals surface area contributed by atoms with Gasteiger partial charge < -0.3 is 19.6 Å². The highest BCUT2D eigenvalue weighted by Crippen LogP contribution is 2.21. The molecular formula is C20H23N3O5. The molecule has 8 nitrogen and oxygen atoms in total. The van der Waals surface area contributed by atoms with E-state index < -0.39 is 11.7 Å². The molecular weight excluding hydrogens is 362 g/mol. The third-order valence-corrected chi connectivity index (χ3v) is 4.57. The van der Waals surface area contributed by atoms with Gasteiger partial charge in [-0.15, -0.1) is 0 Å². The summed E-state index contributed by atoms with van der Waals surface area (Å²) < 4.78 is 10.4. The molecule has 3 rings (SSSR count). The number of ketones is 1. The molecule has 0 aliphatic carbocycles. The fraction of sp³-hybridized carbons (Fsp3) is 0.350. The first-order chi connectivity index (χ1) is 13.5. The van der Waals surface area contributed by atoms with Gasteiger partial charge in [0.2, 0.25) is 5.55 Å². The van der Waals surface area contributed by atoms with Crippen molar-refractivity contribution in [1.29, 1.82) is 5.41 Å². The number of nitrogens with one attached hydrogen (secondary N) is 2. The number of aryl methyl sites for hydroxylation is 1. The predicted octanol–water partition coefficient (Wildman–Crippen LogP) is 1.07. The van der Waals surface area contributed by atoms with Crippen LogP contribution in [-0.2, 0) is 4.74 Å². The number of amides is 1. The van der Waals surface area contributed by atoms with Crippen molar-refractivity contribution >= 4 is 11.7 Å². The number of hydrogen-bond acceptors (Lipinski definition) is 7. The average Bonchev–Trinajstić information content (AvgIpc) is 2.70. The van der Waals surface area contributed by atoms with Gasteiger partial charge in [0, 0.05) is 26.2 Å². The molecule has 0 saturated carbocycles. The van der Waals surface area contributed by atoms with E-state index in [1.165, 1.54) is 12.1 Å². The van der Waals surface area contributed by atoms with Crippen molar-refractivity contribution < 1.29 is 23.8 Å². The van der Waals surface area contributed by atoms with Gasteiger partial charge in [-0.05, 0) is 25.1 Å². The minimum absolute atomic E-state index is 0.0278. The fourth-order valence-electron chi connectivity index (χ4n) is 2.96. The van der Waals surface area contributed by atoms with Gasteiger partial charge in [-0.25, -0.2) is 0 Å². The van der Waals surface area contributed by atoms with Gasteiger partial charge in [0.05, 0.1) is 24.3 Å². The van der Waals surface area contributed by atoms with Crippen LogP contribution in [0.25, 0.3) is 0 Å². The topological polar surface area (TPSA) is 116 Å². The SMILES string of the molecule is Cc1ccc(O)c(C(=O)c2coc(=N)c(C(=O)NCCN3CCOCC3)c2)c1. The van der Waals surface area contributed by atoms with E-state index in [-0.39, 0.29) is 28.0 Å². The lowest BCUT2D eigenvalue weighted by Gasteiger charge is -2.26. The number of morpholine rings is 1. The third kappa shape index (κ3) is 4.65. The number of phenols is 1.